The van der Waals surface area contributed by atoms with Crippen molar-refractivity contribution in [3.05, 3.63) is 114 Å². The fourth-order valence-electron chi connectivity index (χ4n) is 3.78. The van der Waals surface area contributed by atoms with E-state index in [0.29, 0.717) is 24.5 Å². The molecule has 0 radical (unpaired) electrons. The summed E-state index contributed by atoms with van der Waals surface area (Å²) in [5.41, 5.74) is 4.35. The van der Waals surface area contributed by atoms with E-state index in [-0.39, 0.29) is 11.9 Å². The van der Waals surface area contributed by atoms with Crippen LogP contribution in [-0.4, -0.2) is 30.1 Å². The van der Waals surface area contributed by atoms with Gasteiger partial charge in [-0.2, -0.15) is 5.10 Å². The van der Waals surface area contributed by atoms with E-state index in [1.54, 1.807) is 23.1 Å². The lowest BCUT2D eigenvalue weighted by Gasteiger charge is -2.19. The van der Waals surface area contributed by atoms with Crippen molar-refractivity contribution >= 4 is 11.6 Å². The molecular formula is C26H24N6O2. The standard InChI is InChI=1S/C26H24N6O2/c1-19-10-11-25-29-22(14-31(25)13-19)16-34-23-9-5-8-21(12-23)26(33)30-24(15-32-18-27-17-28-32)20-6-3-2-4-7-20/h2-14,17-18,24H,15-16H2,1H3,(H,30,33). The first-order valence-corrected chi connectivity index (χ1v) is 11.0. The quantitative estimate of drug-likeness (QED) is 0.385. The minimum Gasteiger partial charge on any atom is -0.487 e. The maximum Gasteiger partial charge on any atom is 0.251 e. The van der Waals surface area contributed by atoms with Crippen LogP contribution in [0.2, 0.25) is 0 Å². The van der Waals surface area contributed by atoms with Crippen LogP contribution < -0.4 is 10.1 Å². The van der Waals surface area contributed by atoms with E-state index in [1.807, 2.05) is 78.3 Å². The summed E-state index contributed by atoms with van der Waals surface area (Å²) in [6.07, 6.45) is 7.10. The molecule has 5 rings (SSSR count). The smallest absolute Gasteiger partial charge is 0.251 e. The SMILES string of the molecule is Cc1ccc2nc(COc3cccc(C(=O)NC(Cn4cncn4)c4ccccc4)c3)cn2c1. The molecule has 0 aliphatic heterocycles. The Hall–Kier alpha value is -4.46. The Labute approximate surface area is 196 Å². The summed E-state index contributed by atoms with van der Waals surface area (Å²) in [6, 6.07) is 20.7. The van der Waals surface area contributed by atoms with Gasteiger partial charge in [-0.1, -0.05) is 42.5 Å². The number of hydrogen-bond acceptors (Lipinski definition) is 5. The molecule has 8 heteroatoms. The van der Waals surface area contributed by atoms with Crippen LogP contribution in [0.5, 0.6) is 5.75 Å². The molecule has 1 N–H and O–H groups in total. The molecule has 1 unspecified atom stereocenters. The molecule has 2 aromatic carbocycles. The largest absolute Gasteiger partial charge is 0.487 e. The van der Waals surface area contributed by atoms with Crippen molar-refractivity contribution in [2.75, 3.05) is 0 Å². The first kappa shape index (κ1) is 21.4. The molecule has 1 amide bonds. The number of pyridine rings is 1. The van der Waals surface area contributed by atoms with Gasteiger partial charge in [0.2, 0.25) is 0 Å². The second-order valence-corrected chi connectivity index (χ2v) is 8.07. The molecule has 0 aliphatic rings. The molecule has 3 aromatic heterocycles. The number of carbonyl (C=O) groups excluding carboxylic acids is 1. The predicted octanol–water partition coefficient (Wildman–Crippen LogP) is 3.98. The Kier molecular flexibility index (Phi) is 6.03. The summed E-state index contributed by atoms with van der Waals surface area (Å²) in [5, 5.41) is 7.29. The third-order valence-electron chi connectivity index (χ3n) is 5.48. The number of nitrogens with zero attached hydrogens (tertiary/aromatic N) is 5. The zero-order valence-corrected chi connectivity index (χ0v) is 18.7. The highest BCUT2D eigenvalue weighted by Gasteiger charge is 2.17. The summed E-state index contributed by atoms with van der Waals surface area (Å²) >= 11 is 0. The minimum absolute atomic E-state index is 0.192. The van der Waals surface area contributed by atoms with Gasteiger partial charge in [-0.15, -0.1) is 0 Å². The van der Waals surface area contributed by atoms with E-state index in [4.69, 9.17) is 4.74 Å². The van der Waals surface area contributed by atoms with Gasteiger partial charge in [-0.05, 0) is 42.3 Å². The second-order valence-electron chi connectivity index (χ2n) is 8.07. The lowest BCUT2D eigenvalue weighted by atomic mass is 10.1. The Balaban J connectivity index is 1.28. The number of ether oxygens (including phenoxy) is 1. The summed E-state index contributed by atoms with van der Waals surface area (Å²) in [7, 11) is 0. The van der Waals surface area contributed by atoms with Crippen molar-refractivity contribution in [1.82, 2.24) is 29.5 Å². The van der Waals surface area contributed by atoms with Crippen LogP contribution in [0.25, 0.3) is 5.65 Å². The normalized spacial score (nSPS) is 11.9. The van der Waals surface area contributed by atoms with Crippen LogP contribution in [0.15, 0.2) is 91.8 Å². The van der Waals surface area contributed by atoms with Crippen molar-refractivity contribution in [2.45, 2.75) is 26.1 Å². The Morgan fingerprint density at radius 3 is 2.76 bits per heavy atom. The van der Waals surface area contributed by atoms with E-state index >= 15 is 0 Å². The third-order valence-corrected chi connectivity index (χ3v) is 5.48. The van der Waals surface area contributed by atoms with Crippen molar-refractivity contribution in [3.8, 4) is 5.75 Å². The van der Waals surface area contributed by atoms with Gasteiger partial charge in [-0.3, -0.25) is 9.48 Å². The van der Waals surface area contributed by atoms with Gasteiger partial charge in [-0.25, -0.2) is 9.97 Å². The maximum atomic E-state index is 13.1. The van der Waals surface area contributed by atoms with Crippen LogP contribution in [0.1, 0.15) is 33.2 Å². The van der Waals surface area contributed by atoms with Crippen LogP contribution in [-0.2, 0) is 13.2 Å². The number of aryl methyl sites for hydroxylation is 1. The topological polar surface area (TPSA) is 86.3 Å². The van der Waals surface area contributed by atoms with E-state index in [9.17, 15) is 4.79 Å². The summed E-state index contributed by atoms with van der Waals surface area (Å²) in [5.74, 6) is 0.413. The number of benzene rings is 2. The van der Waals surface area contributed by atoms with E-state index in [1.165, 1.54) is 6.33 Å². The highest BCUT2D eigenvalue weighted by atomic mass is 16.5. The molecule has 170 valence electrons. The highest BCUT2D eigenvalue weighted by molar-refractivity contribution is 5.94. The third kappa shape index (κ3) is 4.96. The van der Waals surface area contributed by atoms with Crippen LogP contribution >= 0.6 is 0 Å². The van der Waals surface area contributed by atoms with Crippen molar-refractivity contribution < 1.29 is 9.53 Å². The first-order valence-electron chi connectivity index (χ1n) is 11.0. The average molecular weight is 453 g/mol. The van der Waals surface area contributed by atoms with Gasteiger partial charge in [0, 0.05) is 18.0 Å². The van der Waals surface area contributed by atoms with E-state index in [0.717, 1.165) is 22.5 Å². The number of carbonyl (C=O) groups is 1. The summed E-state index contributed by atoms with van der Waals surface area (Å²) in [4.78, 5) is 21.7. The minimum atomic E-state index is -0.263. The fraction of sp³-hybridized carbons (Fsp3) is 0.154. The molecule has 1 atom stereocenters. The number of nitrogens with one attached hydrogen (secondary N) is 1. The van der Waals surface area contributed by atoms with E-state index in [2.05, 4.69) is 20.4 Å². The number of hydrogen-bond donors (Lipinski definition) is 1. The number of rotatable bonds is 8. The van der Waals surface area contributed by atoms with Crippen LogP contribution in [0.4, 0.5) is 0 Å². The number of amides is 1. The predicted molar refractivity (Wildman–Crippen MR) is 127 cm³/mol. The monoisotopic (exact) mass is 452 g/mol. The van der Waals surface area contributed by atoms with Gasteiger partial charge < -0.3 is 14.5 Å². The van der Waals surface area contributed by atoms with Gasteiger partial charge in [0.25, 0.3) is 5.91 Å². The van der Waals surface area contributed by atoms with Gasteiger partial charge in [0.15, 0.2) is 0 Å². The molecule has 0 aliphatic carbocycles. The number of fused-ring (bicyclic) bond motifs is 1. The summed E-state index contributed by atoms with van der Waals surface area (Å²) < 4.78 is 9.62. The first-order chi connectivity index (χ1) is 16.6. The highest BCUT2D eigenvalue weighted by Crippen LogP contribution is 2.19. The van der Waals surface area contributed by atoms with Gasteiger partial charge in [0.05, 0.1) is 18.3 Å². The Bertz CT molecular complexity index is 1400. The number of imidazole rings is 1. The average Bonchev–Trinajstić information content (AvgIpc) is 3.52. The lowest BCUT2D eigenvalue weighted by Crippen LogP contribution is -2.31. The molecule has 0 bridgehead atoms. The van der Waals surface area contributed by atoms with E-state index < -0.39 is 0 Å². The van der Waals surface area contributed by atoms with Crippen molar-refractivity contribution in [1.29, 1.82) is 0 Å². The second kappa shape index (κ2) is 9.58. The molecule has 0 fully saturated rings. The molecular weight excluding hydrogens is 428 g/mol. The van der Waals surface area contributed by atoms with Crippen LogP contribution in [0.3, 0.4) is 0 Å². The molecule has 0 spiro atoms. The number of aromatic nitrogens is 5. The molecule has 8 nitrogen and oxygen atoms in total. The molecule has 34 heavy (non-hydrogen) atoms. The zero-order chi connectivity index (χ0) is 23.3. The molecule has 0 saturated carbocycles. The van der Waals surface area contributed by atoms with Crippen molar-refractivity contribution in [3.63, 3.8) is 0 Å². The Morgan fingerprint density at radius 1 is 1.06 bits per heavy atom. The molecule has 0 saturated heterocycles. The van der Waals surface area contributed by atoms with Gasteiger partial charge >= 0.3 is 0 Å². The van der Waals surface area contributed by atoms with Gasteiger partial charge in [0.1, 0.15) is 30.7 Å². The van der Waals surface area contributed by atoms with Crippen molar-refractivity contribution in [2.24, 2.45) is 0 Å². The Morgan fingerprint density at radius 2 is 1.94 bits per heavy atom. The molecule has 3 heterocycles. The molecule has 5 aromatic rings. The zero-order valence-electron chi connectivity index (χ0n) is 18.7. The maximum absolute atomic E-state index is 13.1. The fourth-order valence-corrected chi connectivity index (χ4v) is 3.78. The lowest BCUT2D eigenvalue weighted by molar-refractivity contribution is 0.0931. The summed E-state index contributed by atoms with van der Waals surface area (Å²) in [6.45, 7) is 2.82. The van der Waals surface area contributed by atoms with Crippen LogP contribution in [0, 0.1) is 6.92 Å².